The van der Waals surface area contributed by atoms with Gasteiger partial charge in [0.2, 0.25) is 0 Å². The number of H-pyrrole nitrogens is 1. The van der Waals surface area contributed by atoms with E-state index in [-0.39, 0.29) is 0 Å². The van der Waals surface area contributed by atoms with Crippen LogP contribution in [0.3, 0.4) is 0 Å². The van der Waals surface area contributed by atoms with Gasteiger partial charge in [-0.3, -0.25) is 0 Å². The summed E-state index contributed by atoms with van der Waals surface area (Å²) in [6, 6.07) is 6.50. The fourth-order valence-corrected chi connectivity index (χ4v) is 2.91. The minimum absolute atomic E-state index is 0.708. The number of hydrogen-bond acceptors (Lipinski definition) is 1. The van der Waals surface area contributed by atoms with Crippen molar-refractivity contribution in [2.24, 2.45) is 0 Å². The second kappa shape index (κ2) is 3.63. The number of aromatic amines is 1. The zero-order valence-electron chi connectivity index (χ0n) is 9.96. The first kappa shape index (κ1) is 9.91. The van der Waals surface area contributed by atoms with Gasteiger partial charge in [0.05, 0.1) is 0 Å². The molecule has 2 nitrogen and oxygen atoms in total. The summed E-state index contributed by atoms with van der Waals surface area (Å²) in [5.41, 5.74) is 4.19. The van der Waals surface area contributed by atoms with Gasteiger partial charge in [-0.2, -0.15) is 0 Å². The standard InChI is InChI=1S/C14H18N2/c1-10-4-3-5-13-14(10)12(8-15-13)11-6-7-16(2)9-11/h3-5,8,11,15H,6-7,9H2,1-2H3. The molecule has 1 aliphatic heterocycles. The van der Waals surface area contributed by atoms with Crippen LogP contribution in [0.25, 0.3) is 10.9 Å². The lowest BCUT2D eigenvalue weighted by molar-refractivity contribution is 0.412. The summed E-state index contributed by atoms with van der Waals surface area (Å²) < 4.78 is 0. The van der Waals surface area contributed by atoms with Crippen LogP contribution in [0.5, 0.6) is 0 Å². The van der Waals surface area contributed by atoms with Gasteiger partial charge in [0.15, 0.2) is 0 Å². The van der Waals surface area contributed by atoms with Gasteiger partial charge in [-0.1, -0.05) is 12.1 Å². The van der Waals surface area contributed by atoms with E-state index in [2.05, 4.69) is 48.3 Å². The smallest absolute Gasteiger partial charge is 0.0459 e. The number of aromatic nitrogens is 1. The highest BCUT2D eigenvalue weighted by atomic mass is 15.1. The molecule has 1 aromatic heterocycles. The molecule has 0 aliphatic carbocycles. The SMILES string of the molecule is Cc1cccc2[nH]cc(C3CCN(C)C3)c12. The normalized spacial score (nSPS) is 22.0. The summed E-state index contributed by atoms with van der Waals surface area (Å²) in [6.45, 7) is 4.63. The molecule has 1 aromatic carbocycles. The van der Waals surface area contributed by atoms with Crippen molar-refractivity contribution in [2.45, 2.75) is 19.3 Å². The molecule has 2 aromatic rings. The molecule has 0 bridgehead atoms. The minimum Gasteiger partial charge on any atom is -0.361 e. The van der Waals surface area contributed by atoms with Crippen LogP contribution in [-0.4, -0.2) is 30.0 Å². The van der Waals surface area contributed by atoms with E-state index in [0.717, 1.165) is 0 Å². The molecule has 0 amide bonds. The van der Waals surface area contributed by atoms with Crippen molar-refractivity contribution >= 4 is 10.9 Å². The lowest BCUT2D eigenvalue weighted by atomic mass is 9.96. The third-order valence-electron chi connectivity index (χ3n) is 3.78. The number of aryl methyl sites for hydroxylation is 1. The van der Waals surface area contributed by atoms with Crippen LogP contribution in [0.15, 0.2) is 24.4 Å². The molecule has 1 fully saturated rings. The highest BCUT2D eigenvalue weighted by molar-refractivity contribution is 5.87. The predicted octanol–water partition coefficient (Wildman–Crippen LogP) is 2.90. The maximum Gasteiger partial charge on any atom is 0.0459 e. The Kier molecular flexibility index (Phi) is 2.25. The van der Waals surface area contributed by atoms with Gasteiger partial charge in [-0.25, -0.2) is 0 Å². The fraction of sp³-hybridized carbons (Fsp3) is 0.429. The van der Waals surface area contributed by atoms with Gasteiger partial charge in [0.25, 0.3) is 0 Å². The number of nitrogens with one attached hydrogen (secondary N) is 1. The summed E-state index contributed by atoms with van der Waals surface area (Å²) in [5.74, 6) is 0.708. The Balaban J connectivity index is 2.10. The number of hydrogen-bond donors (Lipinski definition) is 1. The van der Waals surface area contributed by atoms with Gasteiger partial charge in [-0.05, 0) is 50.0 Å². The van der Waals surface area contributed by atoms with Crippen molar-refractivity contribution in [1.82, 2.24) is 9.88 Å². The zero-order chi connectivity index (χ0) is 11.1. The van der Waals surface area contributed by atoms with Crippen LogP contribution in [0.1, 0.15) is 23.5 Å². The van der Waals surface area contributed by atoms with E-state index in [1.54, 1.807) is 0 Å². The first-order valence-corrected chi connectivity index (χ1v) is 6.01. The maximum atomic E-state index is 3.40. The lowest BCUT2D eigenvalue weighted by Crippen LogP contribution is -2.13. The first-order valence-electron chi connectivity index (χ1n) is 6.01. The third kappa shape index (κ3) is 1.45. The molecular formula is C14H18N2. The number of likely N-dealkylation sites (tertiary alicyclic amines) is 1. The molecule has 1 N–H and O–H groups in total. The van der Waals surface area contributed by atoms with Crippen LogP contribution < -0.4 is 0 Å². The van der Waals surface area contributed by atoms with E-state index in [9.17, 15) is 0 Å². The Hall–Kier alpha value is -1.28. The summed E-state index contributed by atoms with van der Waals surface area (Å²) in [7, 11) is 2.21. The largest absolute Gasteiger partial charge is 0.361 e. The third-order valence-corrected chi connectivity index (χ3v) is 3.78. The average molecular weight is 214 g/mol. The zero-order valence-corrected chi connectivity index (χ0v) is 9.96. The van der Waals surface area contributed by atoms with E-state index in [4.69, 9.17) is 0 Å². The van der Waals surface area contributed by atoms with Gasteiger partial charge >= 0.3 is 0 Å². The Morgan fingerprint density at radius 2 is 2.25 bits per heavy atom. The van der Waals surface area contributed by atoms with Crippen molar-refractivity contribution in [1.29, 1.82) is 0 Å². The number of benzene rings is 1. The second-order valence-electron chi connectivity index (χ2n) is 4.99. The van der Waals surface area contributed by atoms with E-state index in [1.165, 1.54) is 41.5 Å². The molecule has 1 unspecified atom stereocenters. The molecule has 1 saturated heterocycles. The second-order valence-corrected chi connectivity index (χ2v) is 4.99. The molecule has 0 radical (unpaired) electrons. The summed E-state index contributed by atoms with van der Waals surface area (Å²) in [4.78, 5) is 5.82. The Morgan fingerprint density at radius 3 is 3.00 bits per heavy atom. The molecule has 1 aliphatic rings. The van der Waals surface area contributed by atoms with E-state index in [0.29, 0.717) is 5.92 Å². The van der Waals surface area contributed by atoms with E-state index in [1.807, 2.05) is 0 Å². The quantitative estimate of drug-likeness (QED) is 0.773. The number of rotatable bonds is 1. The van der Waals surface area contributed by atoms with Crippen LogP contribution in [0.4, 0.5) is 0 Å². The summed E-state index contributed by atoms with van der Waals surface area (Å²) >= 11 is 0. The molecular weight excluding hydrogens is 196 g/mol. The van der Waals surface area contributed by atoms with Crippen molar-refractivity contribution in [3.63, 3.8) is 0 Å². The Bertz CT molecular complexity index is 512. The molecule has 1 atom stereocenters. The molecule has 3 rings (SSSR count). The number of nitrogens with zero attached hydrogens (tertiary/aromatic N) is 1. The van der Waals surface area contributed by atoms with Crippen LogP contribution in [0, 0.1) is 6.92 Å². The minimum atomic E-state index is 0.708. The summed E-state index contributed by atoms with van der Waals surface area (Å²) in [6.07, 6.45) is 3.50. The van der Waals surface area contributed by atoms with Gasteiger partial charge in [0.1, 0.15) is 0 Å². The van der Waals surface area contributed by atoms with Crippen molar-refractivity contribution in [3.05, 3.63) is 35.5 Å². The van der Waals surface area contributed by atoms with Gasteiger partial charge in [0, 0.05) is 23.6 Å². The number of likely N-dealkylation sites (N-methyl/N-ethyl adjacent to an activating group) is 1. The number of fused-ring (bicyclic) bond motifs is 1. The van der Waals surface area contributed by atoms with E-state index < -0.39 is 0 Å². The molecule has 0 spiro atoms. The molecule has 2 heteroatoms. The van der Waals surface area contributed by atoms with Crippen LogP contribution in [0.2, 0.25) is 0 Å². The first-order chi connectivity index (χ1) is 7.75. The Morgan fingerprint density at radius 1 is 1.38 bits per heavy atom. The van der Waals surface area contributed by atoms with Crippen molar-refractivity contribution in [2.75, 3.05) is 20.1 Å². The maximum absolute atomic E-state index is 3.40. The van der Waals surface area contributed by atoms with Crippen LogP contribution >= 0.6 is 0 Å². The van der Waals surface area contributed by atoms with Crippen molar-refractivity contribution in [3.8, 4) is 0 Å². The van der Waals surface area contributed by atoms with Crippen LogP contribution in [-0.2, 0) is 0 Å². The van der Waals surface area contributed by atoms with Crippen molar-refractivity contribution < 1.29 is 0 Å². The van der Waals surface area contributed by atoms with Gasteiger partial charge < -0.3 is 9.88 Å². The fourth-order valence-electron chi connectivity index (χ4n) is 2.91. The van der Waals surface area contributed by atoms with Gasteiger partial charge in [-0.15, -0.1) is 0 Å². The predicted molar refractivity (Wildman–Crippen MR) is 67.9 cm³/mol. The average Bonchev–Trinajstić information content (AvgIpc) is 2.84. The monoisotopic (exact) mass is 214 g/mol. The summed E-state index contributed by atoms with van der Waals surface area (Å²) in [5, 5.41) is 1.45. The topological polar surface area (TPSA) is 19.0 Å². The highest BCUT2D eigenvalue weighted by Gasteiger charge is 2.23. The lowest BCUT2D eigenvalue weighted by Gasteiger charge is -2.10. The molecule has 84 valence electrons. The molecule has 16 heavy (non-hydrogen) atoms. The highest BCUT2D eigenvalue weighted by Crippen LogP contribution is 2.33. The molecule has 0 saturated carbocycles. The van der Waals surface area contributed by atoms with E-state index >= 15 is 0 Å². The Labute approximate surface area is 96.3 Å². The molecule has 2 heterocycles.